The maximum absolute atomic E-state index is 15.3. The molecule has 0 saturated heterocycles. The molecular formula is C69H57N3O9. The number of hydrogen-bond acceptors (Lipinski definition) is 12. The number of hydrogen-bond donors (Lipinski definition) is 3. The maximum Gasteiger partial charge on any atom is 0.203 e. The summed E-state index contributed by atoms with van der Waals surface area (Å²) in [6, 6.07) is 63.2. The summed E-state index contributed by atoms with van der Waals surface area (Å²) in [5.41, 5.74) is 10.6. The minimum Gasteiger partial charge on any atom is -0.497 e. The summed E-state index contributed by atoms with van der Waals surface area (Å²) < 4.78 is 33.0. The fourth-order valence-corrected chi connectivity index (χ4v) is 9.76. The number of anilines is 3. The Labute approximate surface area is 470 Å². The van der Waals surface area contributed by atoms with Gasteiger partial charge in [-0.1, -0.05) is 127 Å². The van der Waals surface area contributed by atoms with Gasteiger partial charge in [0.2, 0.25) is 17.3 Å². The van der Waals surface area contributed by atoms with Gasteiger partial charge < -0.3 is 44.4 Å². The Balaban J connectivity index is 1.15. The number of carbonyl (C=O) groups is 3. The van der Waals surface area contributed by atoms with Gasteiger partial charge in [-0.25, -0.2) is 0 Å². The SMILES string of the molecule is COc1ccc(-c2cccc(-c3ccc(OC)cc3)c2NC=C2C(=O)C(=CNc3c(-c4ccc(OC)cc4)cccc3-c3ccc(OC)cc3)C(=O)C(=CNc3c(-c4ccc(OC)cc4)cccc3-c3ccc(OC)cc3)C2=O)cc1. The second kappa shape index (κ2) is 24.4. The predicted octanol–water partition coefficient (Wildman–Crippen LogP) is 14.7. The van der Waals surface area contributed by atoms with E-state index >= 15 is 14.4 Å². The van der Waals surface area contributed by atoms with Gasteiger partial charge in [-0.15, -0.1) is 0 Å². The van der Waals surface area contributed by atoms with Gasteiger partial charge in [0.05, 0.1) is 76.4 Å². The monoisotopic (exact) mass is 1070 g/mol. The highest BCUT2D eigenvalue weighted by atomic mass is 16.5. The number of carbonyl (C=O) groups excluding carboxylic acids is 3. The van der Waals surface area contributed by atoms with Gasteiger partial charge in [-0.3, -0.25) is 14.4 Å². The van der Waals surface area contributed by atoms with Crippen LogP contribution in [-0.4, -0.2) is 60.0 Å². The van der Waals surface area contributed by atoms with E-state index in [1.807, 2.05) is 200 Å². The summed E-state index contributed by atoms with van der Waals surface area (Å²) in [4.78, 5) is 45.9. The van der Waals surface area contributed by atoms with Crippen LogP contribution in [0.1, 0.15) is 0 Å². The zero-order chi connectivity index (χ0) is 56.4. The predicted molar refractivity (Wildman–Crippen MR) is 321 cm³/mol. The summed E-state index contributed by atoms with van der Waals surface area (Å²) >= 11 is 0. The van der Waals surface area contributed by atoms with Crippen molar-refractivity contribution in [1.82, 2.24) is 0 Å². The molecule has 0 radical (unpaired) electrons. The highest BCUT2D eigenvalue weighted by Gasteiger charge is 2.39. The molecule has 0 atom stereocenters. The van der Waals surface area contributed by atoms with Crippen LogP contribution in [0, 0.1) is 0 Å². The summed E-state index contributed by atoms with van der Waals surface area (Å²) in [5.74, 6) is 1.69. The molecule has 0 unspecified atom stereocenters. The molecular weight excluding hydrogens is 1010 g/mol. The number of ether oxygens (including phenoxy) is 6. The van der Waals surface area contributed by atoms with E-state index in [1.165, 1.54) is 18.6 Å². The first-order valence-electron chi connectivity index (χ1n) is 25.9. The van der Waals surface area contributed by atoms with E-state index < -0.39 is 17.3 Å². The van der Waals surface area contributed by atoms with Crippen LogP contribution in [0.15, 0.2) is 236 Å². The molecule has 1 aliphatic carbocycles. The lowest BCUT2D eigenvalue weighted by Crippen LogP contribution is -2.33. The van der Waals surface area contributed by atoms with Gasteiger partial charge >= 0.3 is 0 Å². The minimum atomic E-state index is -0.791. The highest BCUT2D eigenvalue weighted by molar-refractivity contribution is 6.52. The zero-order valence-electron chi connectivity index (χ0n) is 45.5. The van der Waals surface area contributed by atoms with E-state index in [9.17, 15) is 0 Å². The molecule has 81 heavy (non-hydrogen) atoms. The molecule has 12 heteroatoms. The Morgan fingerprint density at radius 2 is 0.407 bits per heavy atom. The number of allylic oxidation sites excluding steroid dienone is 3. The molecule has 1 fully saturated rings. The number of ketones is 3. The summed E-state index contributed by atoms with van der Waals surface area (Å²) in [7, 11) is 9.65. The van der Waals surface area contributed by atoms with Crippen molar-refractivity contribution in [3.63, 3.8) is 0 Å². The second-order valence-electron chi connectivity index (χ2n) is 18.6. The minimum absolute atomic E-state index is 0.279. The van der Waals surface area contributed by atoms with Crippen molar-refractivity contribution in [3.05, 3.63) is 236 Å². The highest BCUT2D eigenvalue weighted by Crippen LogP contribution is 2.43. The van der Waals surface area contributed by atoms with E-state index in [0.717, 1.165) is 66.8 Å². The Morgan fingerprint density at radius 1 is 0.247 bits per heavy atom. The van der Waals surface area contributed by atoms with Crippen LogP contribution in [0.3, 0.4) is 0 Å². The number of methoxy groups -OCH3 is 6. The Morgan fingerprint density at radius 3 is 0.556 bits per heavy atom. The third-order valence-electron chi connectivity index (χ3n) is 14.1. The topological polar surface area (TPSA) is 143 Å². The van der Waals surface area contributed by atoms with Gasteiger partial charge in [-0.05, 0) is 106 Å². The fourth-order valence-electron chi connectivity index (χ4n) is 9.76. The molecule has 402 valence electrons. The Bertz CT molecular complexity index is 3240. The lowest BCUT2D eigenvalue weighted by Gasteiger charge is -2.21. The number of benzene rings is 9. The van der Waals surface area contributed by atoms with Crippen LogP contribution in [0.4, 0.5) is 17.1 Å². The second-order valence-corrected chi connectivity index (χ2v) is 18.6. The average molecular weight is 1070 g/mol. The van der Waals surface area contributed by atoms with Gasteiger partial charge in [0.1, 0.15) is 34.5 Å². The van der Waals surface area contributed by atoms with Crippen LogP contribution in [0.5, 0.6) is 34.5 Å². The van der Waals surface area contributed by atoms with Crippen molar-refractivity contribution < 1.29 is 42.8 Å². The van der Waals surface area contributed by atoms with Crippen molar-refractivity contribution in [1.29, 1.82) is 0 Å². The van der Waals surface area contributed by atoms with Gasteiger partial charge in [0.15, 0.2) is 0 Å². The Kier molecular flexibility index (Phi) is 16.2. The summed E-state index contributed by atoms with van der Waals surface area (Å²) in [5, 5.41) is 10.2. The smallest absolute Gasteiger partial charge is 0.203 e. The van der Waals surface area contributed by atoms with E-state index in [0.29, 0.717) is 51.6 Å². The molecule has 10 rings (SSSR count). The first-order chi connectivity index (χ1) is 39.6. The van der Waals surface area contributed by atoms with Crippen molar-refractivity contribution in [2.45, 2.75) is 0 Å². The third kappa shape index (κ3) is 11.4. The van der Waals surface area contributed by atoms with Gasteiger partial charge in [0.25, 0.3) is 0 Å². The van der Waals surface area contributed by atoms with Crippen LogP contribution in [-0.2, 0) is 14.4 Å². The molecule has 0 heterocycles. The average Bonchev–Trinajstić information content (AvgIpc) is 3.59. The normalized spacial score (nSPS) is 12.1. The summed E-state index contributed by atoms with van der Waals surface area (Å²) in [6.45, 7) is 0. The first kappa shape index (κ1) is 53.8. The van der Waals surface area contributed by atoms with Crippen molar-refractivity contribution in [2.75, 3.05) is 58.6 Å². The third-order valence-corrected chi connectivity index (χ3v) is 14.1. The van der Waals surface area contributed by atoms with Crippen LogP contribution >= 0.6 is 0 Å². The number of nitrogens with one attached hydrogen (secondary N) is 3. The molecule has 0 amide bonds. The molecule has 9 aromatic rings. The quantitative estimate of drug-likeness (QED) is 0.0556. The number of para-hydroxylation sites is 3. The lowest BCUT2D eigenvalue weighted by molar-refractivity contribution is -0.124. The lowest BCUT2D eigenvalue weighted by atomic mass is 9.83. The number of Topliss-reactive ketones (excluding diaryl/α,β-unsaturated/α-hetero) is 3. The largest absolute Gasteiger partial charge is 0.497 e. The molecule has 0 aliphatic heterocycles. The Hall–Kier alpha value is -10.6. The standard InChI is InChI=1S/C69H57N3O9/c1-76-49-28-16-43(17-29-49)55-10-7-11-56(44-18-30-50(77-2)31-19-44)64(55)70-40-61-67(73)62(41-71-65-57(45-20-32-51(78-3)33-21-45)12-8-13-58(65)46-22-34-52(79-4)35-23-46)69(75)63(68(61)74)42-72-66-59(47-24-36-53(80-5)37-25-47)14-9-15-60(66)48-26-38-54(81-6)39-27-48/h7-42,70-72H,1-6H3. The van der Waals surface area contributed by atoms with Crippen molar-refractivity contribution >= 4 is 34.4 Å². The van der Waals surface area contributed by atoms with Crippen LogP contribution < -0.4 is 44.4 Å². The molecule has 1 saturated carbocycles. The maximum atomic E-state index is 15.3. The fraction of sp³-hybridized carbons (Fsp3) is 0.0870. The molecule has 3 N–H and O–H groups in total. The van der Waals surface area contributed by atoms with E-state index in [1.54, 1.807) is 42.7 Å². The van der Waals surface area contributed by atoms with Crippen LogP contribution in [0.2, 0.25) is 0 Å². The molecule has 0 bridgehead atoms. The first-order valence-corrected chi connectivity index (χ1v) is 25.9. The van der Waals surface area contributed by atoms with E-state index in [4.69, 9.17) is 28.4 Å². The van der Waals surface area contributed by atoms with Gasteiger partial charge in [0, 0.05) is 52.0 Å². The molecule has 0 aromatic heterocycles. The van der Waals surface area contributed by atoms with Crippen LogP contribution in [0.25, 0.3) is 66.8 Å². The van der Waals surface area contributed by atoms with E-state index in [2.05, 4.69) is 16.0 Å². The molecule has 1 aliphatic rings. The van der Waals surface area contributed by atoms with Gasteiger partial charge in [-0.2, -0.15) is 0 Å². The molecule has 0 spiro atoms. The molecule has 12 nitrogen and oxygen atoms in total. The summed E-state index contributed by atoms with van der Waals surface area (Å²) in [6.07, 6.45) is 4.20. The molecule has 9 aromatic carbocycles. The van der Waals surface area contributed by atoms with Crippen molar-refractivity contribution in [3.8, 4) is 101 Å². The zero-order valence-corrected chi connectivity index (χ0v) is 45.5. The number of rotatable bonds is 18. The van der Waals surface area contributed by atoms with E-state index in [-0.39, 0.29) is 16.7 Å². The van der Waals surface area contributed by atoms with Crippen molar-refractivity contribution in [2.24, 2.45) is 0 Å².